The van der Waals surface area contributed by atoms with Gasteiger partial charge in [-0.25, -0.2) is 0 Å². The Bertz CT molecular complexity index is 648. The Labute approximate surface area is 126 Å². The van der Waals surface area contributed by atoms with Crippen molar-refractivity contribution in [3.05, 3.63) is 41.0 Å². The van der Waals surface area contributed by atoms with Crippen LogP contribution in [0.25, 0.3) is 0 Å². The standard InChI is InChI=1S/C14H11F6NO2/c15-13(16,17)8-3-5-21(6-4-8)12(23)10-2-1-9(7-11(10)22)14(18,19)20/h1-3,7,22H,4-6H2. The van der Waals surface area contributed by atoms with E-state index < -0.39 is 41.6 Å². The number of aromatic hydroxyl groups is 1. The summed E-state index contributed by atoms with van der Waals surface area (Å²) in [6, 6.07) is 1.85. The van der Waals surface area contributed by atoms with Gasteiger partial charge in [-0.05, 0) is 24.6 Å². The molecule has 0 saturated heterocycles. The van der Waals surface area contributed by atoms with Gasteiger partial charge in [0.1, 0.15) is 5.75 Å². The van der Waals surface area contributed by atoms with Crippen molar-refractivity contribution in [2.45, 2.75) is 18.8 Å². The summed E-state index contributed by atoms with van der Waals surface area (Å²) in [4.78, 5) is 13.1. The summed E-state index contributed by atoms with van der Waals surface area (Å²) in [5, 5.41) is 9.59. The number of nitrogens with zero attached hydrogens (tertiary/aromatic N) is 1. The lowest BCUT2D eigenvalue weighted by molar-refractivity contribution is -0.137. The van der Waals surface area contributed by atoms with Crippen molar-refractivity contribution in [3.63, 3.8) is 0 Å². The third kappa shape index (κ3) is 3.77. The lowest BCUT2D eigenvalue weighted by Crippen LogP contribution is -2.36. The number of alkyl halides is 6. The zero-order valence-corrected chi connectivity index (χ0v) is 11.5. The normalized spacial score (nSPS) is 16.3. The quantitative estimate of drug-likeness (QED) is 0.625. The number of phenols is 1. The fraction of sp³-hybridized carbons (Fsp3) is 0.357. The number of hydrogen-bond acceptors (Lipinski definition) is 2. The lowest BCUT2D eigenvalue weighted by Gasteiger charge is -2.27. The van der Waals surface area contributed by atoms with E-state index in [0.717, 1.165) is 17.0 Å². The van der Waals surface area contributed by atoms with Gasteiger partial charge in [0, 0.05) is 18.7 Å². The molecular weight excluding hydrogens is 328 g/mol. The highest BCUT2D eigenvalue weighted by Crippen LogP contribution is 2.34. The molecule has 1 N–H and O–H groups in total. The number of carbonyl (C=O) groups is 1. The topological polar surface area (TPSA) is 40.5 Å². The summed E-state index contributed by atoms with van der Waals surface area (Å²) in [5.41, 5.74) is -2.26. The van der Waals surface area contributed by atoms with Gasteiger partial charge in [0.25, 0.3) is 5.91 Å². The largest absolute Gasteiger partial charge is 0.507 e. The second-order valence-electron chi connectivity index (χ2n) is 4.96. The number of halogens is 6. The van der Waals surface area contributed by atoms with Crippen molar-refractivity contribution in [2.24, 2.45) is 0 Å². The summed E-state index contributed by atoms with van der Waals surface area (Å²) >= 11 is 0. The maximum absolute atomic E-state index is 12.5. The number of benzene rings is 1. The average Bonchev–Trinajstić information content (AvgIpc) is 2.45. The molecule has 9 heteroatoms. The molecule has 0 aromatic heterocycles. The Kier molecular flexibility index (Phi) is 4.32. The fourth-order valence-corrected chi connectivity index (χ4v) is 2.17. The zero-order chi connectivity index (χ0) is 17.4. The minimum absolute atomic E-state index is 0.232. The number of rotatable bonds is 1. The van der Waals surface area contributed by atoms with Crippen LogP contribution in [-0.2, 0) is 6.18 Å². The van der Waals surface area contributed by atoms with Crippen molar-refractivity contribution < 1.29 is 36.2 Å². The average molecular weight is 339 g/mol. The first-order valence-electron chi connectivity index (χ1n) is 6.46. The van der Waals surface area contributed by atoms with E-state index in [1.807, 2.05) is 0 Å². The predicted octanol–water partition coefficient (Wildman–Crippen LogP) is 3.75. The minimum atomic E-state index is -4.67. The minimum Gasteiger partial charge on any atom is -0.507 e. The van der Waals surface area contributed by atoms with Crippen LogP contribution in [0.5, 0.6) is 5.75 Å². The lowest BCUT2D eigenvalue weighted by atomic mass is 10.0. The number of phenolic OH excluding ortho intramolecular Hbond substituents is 1. The summed E-state index contributed by atoms with van der Waals surface area (Å²) < 4.78 is 75.0. The molecular formula is C14H11F6NO2. The van der Waals surface area contributed by atoms with Crippen LogP contribution in [0.4, 0.5) is 26.3 Å². The van der Waals surface area contributed by atoms with Crippen molar-refractivity contribution in [3.8, 4) is 5.75 Å². The molecule has 0 saturated carbocycles. The van der Waals surface area contributed by atoms with E-state index in [0.29, 0.717) is 12.1 Å². The second kappa shape index (κ2) is 5.78. The molecule has 1 aliphatic heterocycles. The summed E-state index contributed by atoms with van der Waals surface area (Å²) in [5.74, 6) is -1.69. The molecule has 0 fully saturated rings. The second-order valence-corrected chi connectivity index (χ2v) is 4.96. The molecule has 126 valence electrons. The fourth-order valence-electron chi connectivity index (χ4n) is 2.17. The summed E-state index contributed by atoms with van der Waals surface area (Å²) in [6.07, 6.45) is -8.70. The Balaban J connectivity index is 2.18. The van der Waals surface area contributed by atoms with Gasteiger partial charge in [-0.3, -0.25) is 4.79 Å². The van der Waals surface area contributed by atoms with E-state index in [2.05, 4.69) is 0 Å². The van der Waals surface area contributed by atoms with Gasteiger partial charge in [0.15, 0.2) is 0 Å². The molecule has 0 radical (unpaired) electrons. The smallest absolute Gasteiger partial charge is 0.416 e. The molecule has 1 aliphatic rings. The van der Waals surface area contributed by atoms with E-state index >= 15 is 0 Å². The SMILES string of the molecule is O=C(c1ccc(C(F)(F)F)cc1O)N1CC=C(C(F)(F)F)CC1. The van der Waals surface area contributed by atoms with Crippen molar-refractivity contribution >= 4 is 5.91 Å². The number of hydrogen-bond donors (Lipinski definition) is 1. The summed E-state index contributed by atoms with van der Waals surface area (Å²) in [6.45, 7) is -0.557. The molecule has 0 bridgehead atoms. The van der Waals surface area contributed by atoms with Crippen LogP contribution in [-0.4, -0.2) is 35.2 Å². The first kappa shape index (κ1) is 17.2. The van der Waals surface area contributed by atoms with E-state index in [1.165, 1.54) is 0 Å². The zero-order valence-electron chi connectivity index (χ0n) is 11.5. The van der Waals surface area contributed by atoms with Crippen LogP contribution in [0.1, 0.15) is 22.3 Å². The van der Waals surface area contributed by atoms with Crippen LogP contribution in [0.2, 0.25) is 0 Å². The van der Waals surface area contributed by atoms with Crippen molar-refractivity contribution in [1.82, 2.24) is 4.90 Å². The highest BCUT2D eigenvalue weighted by Gasteiger charge is 2.36. The van der Waals surface area contributed by atoms with E-state index in [9.17, 15) is 36.2 Å². The van der Waals surface area contributed by atoms with Gasteiger partial charge in [-0.1, -0.05) is 6.08 Å². The van der Waals surface area contributed by atoms with Gasteiger partial charge >= 0.3 is 12.4 Å². The predicted molar refractivity (Wildman–Crippen MR) is 67.8 cm³/mol. The number of carbonyl (C=O) groups excluding carboxylic acids is 1. The Hall–Kier alpha value is -2.19. The van der Waals surface area contributed by atoms with Crippen molar-refractivity contribution in [2.75, 3.05) is 13.1 Å². The molecule has 0 aliphatic carbocycles. The first-order chi connectivity index (χ1) is 10.5. The molecule has 0 atom stereocenters. The Morgan fingerprint density at radius 1 is 1.09 bits per heavy atom. The highest BCUT2D eigenvalue weighted by atomic mass is 19.4. The Morgan fingerprint density at radius 3 is 2.17 bits per heavy atom. The molecule has 3 nitrogen and oxygen atoms in total. The highest BCUT2D eigenvalue weighted by molar-refractivity contribution is 5.97. The monoisotopic (exact) mass is 339 g/mol. The van der Waals surface area contributed by atoms with Gasteiger partial charge in [0.05, 0.1) is 11.1 Å². The molecule has 23 heavy (non-hydrogen) atoms. The van der Waals surface area contributed by atoms with Crippen LogP contribution in [0, 0.1) is 0 Å². The van der Waals surface area contributed by atoms with Crippen molar-refractivity contribution in [1.29, 1.82) is 0 Å². The third-order valence-corrected chi connectivity index (χ3v) is 3.42. The molecule has 0 unspecified atom stereocenters. The summed E-state index contributed by atoms with van der Waals surface area (Å²) in [7, 11) is 0. The molecule has 1 aromatic rings. The van der Waals surface area contributed by atoms with Gasteiger partial charge in [-0.2, -0.15) is 26.3 Å². The van der Waals surface area contributed by atoms with Crippen LogP contribution in [0.15, 0.2) is 29.8 Å². The van der Waals surface area contributed by atoms with Crippen LogP contribution in [0.3, 0.4) is 0 Å². The van der Waals surface area contributed by atoms with Gasteiger partial charge in [-0.15, -0.1) is 0 Å². The molecule has 1 aromatic carbocycles. The maximum Gasteiger partial charge on any atom is 0.416 e. The molecule has 2 rings (SSSR count). The van der Waals surface area contributed by atoms with E-state index in [1.54, 1.807) is 0 Å². The molecule has 0 spiro atoms. The number of amides is 1. The van der Waals surface area contributed by atoms with E-state index in [4.69, 9.17) is 0 Å². The molecule has 1 amide bonds. The molecule has 1 heterocycles. The first-order valence-corrected chi connectivity index (χ1v) is 6.46. The van der Waals surface area contributed by atoms with Gasteiger partial charge < -0.3 is 10.0 Å². The Morgan fingerprint density at radius 2 is 1.74 bits per heavy atom. The third-order valence-electron chi connectivity index (χ3n) is 3.42. The van der Waals surface area contributed by atoms with Crippen LogP contribution < -0.4 is 0 Å². The van der Waals surface area contributed by atoms with Crippen LogP contribution >= 0.6 is 0 Å². The maximum atomic E-state index is 12.5. The van der Waals surface area contributed by atoms with Gasteiger partial charge in [0.2, 0.25) is 0 Å². The van der Waals surface area contributed by atoms with E-state index in [-0.39, 0.29) is 18.7 Å².